The van der Waals surface area contributed by atoms with Crippen molar-refractivity contribution >= 4 is 45.6 Å². The topological polar surface area (TPSA) is 68.9 Å². The van der Waals surface area contributed by atoms with Gasteiger partial charge >= 0.3 is 5.69 Å². The molecule has 2 heterocycles. The molecule has 0 aliphatic rings. The van der Waals surface area contributed by atoms with Crippen molar-refractivity contribution in [1.29, 1.82) is 0 Å². The maximum absolute atomic E-state index is 12.6. The van der Waals surface area contributed by atoms with Gasteiger partial charge in [0.1, 0.15) is 9.88 Å². The molecule has 1 N–H and O–H groups in total. The zero-order valence-electron chi connectivity index (χ0n) is 14.6. The lowest BCUT2D eigenvalue weighted by atomic mass is 10.2. The number of rotatable bonds is 3. The first kappa shape index (κ1) is 17.5. The molecule has 4 aromatic rings. The normalized spacial score (nSPS) is 11.1. The first-order chi connectivity index (χ1) is 13.0. The van der Waals surface area contributed by atoms with E-state index in [0.717, 1.165) is 16.6 Å². The Balaban J connectivity index is 1.62. The van der Waals surface area contributed by atoms with Crippen LogP contribution in [0.5, 0.6) is 0 Å². The quantitative estimate of drug-likeness (QED) is 0.569. The monoisotopic (exact) mass is 398 g/mol. The Kier molecular flexibility index (Phi) is 4.33. The molecule has 2 aromatic carbocycles. The molecule has 6 nitrogen and oxygen atoms in total. The number of thiazole rings is 1. The van der Waals surface area contributed by atoms with Crippen molar-refractivity contribution < 1.29 is 4.79 Å². The van der Waals surface area contributed by atoms with Crippen molar-refractivity contribution in [3.8, 4) is 10.6 Å². The molecule has 136 valence electrons. The molecule has 0 unspecified atom stereocenters. The molecule has 0 aliphatic carbocycles. The van der Waals surface area contributed by atoms with Gasteiger partial charge in [-0.2, -0.15) is 0 Å². The SMILES string of the molecule is Cn1c(=O)n(C)c2cc(NC(=O)c3cnc(-c4ccccc4Cl)s3)ccc21. The van der Waals surface area contributed by atoms with Crippen LogP contribution in [0.25, 0.3) is 21.6 Å². The van der Waals surface area contributed by atoms with Crippen LogP contribution in [0.3, 0.4) is 0 Å². The number of hydrogen-bond acceptors (Lipinski definition) is 4. The number of nitrogens with zero attached hydrogens (tertiary/aromatic N) is 3. The number of amides is 1. The van der Waals surface area contributed by atoms with Crippen molar-refractivity contribution in [1.82, 2.24) is 14.1 Å². The van der Waals surface area contributed by atoms with Crippen LogP contribution in [0, 0.1) is 0 Å². The molecule has 8 heteroatoms. The van der Waals surface area contributed by atoms with Gasteiger partial charge in [0, 0.05) is 25.3 Å². The van der Waals surface area contributed by atoms with Crippen molar-refractivity contribution in [2.45, 2.75) is 0 Å². The van der Waals surface area contributed by atoms with Crippen LogP contribution in [0.15, 0.2) is 53.5 Å². The number of carbonyl (C=O) groups excluding carboxylic acids is 1. The van der Waals surface area contributed by atoms with Gasteiger partial charge in [-0.25, -0.2) is 9.78 Å². The van der Waals surface area contributed by atoms with Gasteiger partial charge in [-0.1, -0.05) is 29.8 Å². The van der Waals surface area contributed by atoms with Gasteiger partial charge in [0.15, 0.2) is 0 Å². The number of halogens is 1. The average molecular weight is 399 g/mol. The molecule has 0 saturated carbocycles. The van der Waals surface area contributed by atoms with Crippen LogP contribution in [-0.2, 0) is 14.1 Å². The summed E-state index contributed by atoms with van der Waals surface area (Å²) in [7, 11) is 3.42. The van der Waals surface area contributed by atoms with E-state index in [4.69, 9.17) is 11.6 Å². The van der Waals surface area contributed by atoms with Crippen LogP contribution in [0.2, 0.25) is 5.02 Å². The van der Waals surface area contributed by atoms with Gasteiger partial charge in [-0.15, -0.1) is 11.3 Å². The molecule has 0 spiro atoms. The van der Waals surface area contributed by atoms with Crippen LogP contribution in [0.1, 0.15) is 9.67 Å². The molecule has 0 radical (unpaired) electrons. The third kappa shape index (κ3) is 3.05. The number of carbonyl (C=O) groups is 1. The fourth-order valence-electron chi connectivity index (χ4n) is 2.92. The fourth-order valence-corrected chi connectivity index (χ4v) is 4.05. The van der Waals surface area contributed by atoms with Gasteiger partial charge in [0.25, 0.3) is 5.91 Å². The van der Waals surface area contributed by atoms with E-state index in [1.807, 2.05) is 24.3 Å². The van der Waals surface area contributed by atoms with E-state index in [1.165, 1.54) is 17.5 Å². The Bertz CT molecular complexity index is 1240. The van der Waals surface area contributed by atoms with E-state index in [2.05, 4.69) is 10.3 Å². The van der Waals surface area contributed by atoms with Crippen molar-refractivity contribution in [3.63, 3.8) is 0 Å². The van der Waals surface area contributed by atoms with Gasteiger partial charge < -0.3 is 5.32 Å². The molecule has 4 rings (SSSR count). The molecule has 0 bridgehead atoms. The zero-order chi connectivity index (χ0) is 19.1. The maximum atomic E-state index is 12.6. The van der Waals surface area contributed by atoms with E-state index < -0.39 is 0 Å². The Morgan fingerprint density at radius 2 is 1.85 bits per heavy atom. The number of imidazole rings is 1. The predicted molar refractivity (Wildman–Crippen MR) is 109 cm³/mol. The maximum Gasteiger partial charge on any atom is 0.328 e. The van der Waals surface area contributed by atoms with Crippen LogP contribution >= 0.6 is 22.9 Å². The van der Waals surface area contributed by atoms with E-state index in [9.17, 15) is 9.59 Å². The van der Waals surface area contributed by atoms with Crippen molar-refractivity contribution in [2.75, 3.05) is 5.32 Å². The third-order valence-corrected chi connectivity index (χ3v) is 5.72. The van der Waals surface area contributed by atoms with E-state index in [0.29, 0.717) is 20.6 Å². The van der Waals surface area contributed by atoms with Crippen molar-refractivity contribution in [2.24, 2.45) is 14.1 Å². The Hall–Kier alpha value is -2.90. The summed E-state index contributed by atoms with van der Waals surface area (Å²) in [6.07, 6.45) is 1.54. The lowest BCUT2D eigenvalue weighted by molar-refractivity contribution is 0.103. The number of aryl methyl sites for hydroxylation is 2. The lowest BCUT2D eigenvalue weighted by Crippen LogP contribution is -2.19. The number of aromatic nitrogens is 3. The van der Waals surface area contributed by atoms with Gasteiger partial charge in [-0.05, 0) is 24.3 Å². The summed E-state index contributed by atoms with van der Waals surface area (Å²) < 4.78 is 3.12. The Morgan fingerprint density at radius 1 is 1.11 bits per heavy atom. The van der Waals surface area contributed by atoms with E-state index in [-0.39, 0.29) is 11.6 Å². The van der Waals surface area contributed by atoms with Gasteiger partial charge in [-0.3, -0.25) is 13.9 Å². The predicted octanol–water partition coefficient (Wildman–Crippen LogP) is 3.91. The Labute approximate surface area is 163 Å². The average Bonchev–Trinajstić information content (AvgIpc) is 3.23. The summed E-state index contributed by atoms with van der Waals surface area (Å²) in [6.45, 7) is 0. The third-order valence-electron chi connectivity index (χ3n) is 4.36. The van der Waals surface area contributed by atoms with Crippen molar-refractivity contribution in [3.05, 3.63) is 69.0 Å². The van der Waals surface area contributed by atoms with E-state index in [1.54, 1.807) is 41.4 Å². The number of nitrogens with one attached hydrogen (secondary N) is 1. The summed E-state index contributed by atoms with van der Waals surface area (Å²) >= 11 is 7.47. The van der Waals surface area contributed by atoms with Gasteiger partial charge in [0.05, 0.1) is 22.3 Å². The minimum absolute atomic E-state index is 0.111. The van der Waals surface area contributed by atoms with Crippen LogP contribution in [-0.4, -0.2) is 20.0 Å². The highest BCUT2D eigenvalue weighted by atomic mass is 35.5. The summed E-state index contributed by atoms with van der Waals surface area (Å²) in [5.74, 6) is -0.258. The first-order valence-electron chi connectivity index (χ1n) is 8.13. The molecule has 0 atom stereocenters. The molecular weight excluding hydrogens is 384 g/mol. The second-order valence-corrected chi connectivity index (χ2v) is 7.51. The lowest BCUT2D eigenvalue weighted by Gasteiger charge is -2.04. The standard InChI is InChI=1S/C19H15ClN4O2S/c1-23-14-8-7-11(9-15(14)24(2)19(23)26)22-17(25)16-10-21-18(27-16)12-5-3-4-6-13(12)20/h3-10H,1-2H3,(H,22,25). The van der Waals surface area contributed by atoms with Gasteiger partial charge in [0.2, 0.25) is 0 Å². The minimum atomic E-state index is -0.258. The summed E-state index contributed by atoms with van der Waals surface area (Å²) in [4.78, 5) is 29.4. The summed E-state index contributed by atoms with van der Waals surface area (Å²) in [5.41, 5.74) is 2.85. The number of anilines is 1. The highest BCUT2D eigenvalue weighted by molar-refractivity contribution is 7.17. The fraction of sp³-hybridized carbons (Fsp3) is 0.105. The molecule has 2 aromatic heterocycles. The minimum Gasteiger partial charge on any atom is -0.321 e. The number of fused-ring (bicyclic) bond motifs is 1. The smallest absolute Gasteiger partial charge is 0.321 e. The highest BCUT2D eigenvalue weighted by Crippen LogP contribution is 2.31. The highest BCUT2D eigenvalue weighted by Gasteiger charge is 2.15. The van der Waals surface area contributed by atoms with Crippen LogP contribution < -0.4 is 11.0 Å². The number of hydrogen-bond donors (Lipinski definition) is 1. The Morgan fingerprint density at radius 3 is 2.63 bits per heavy atom. The zero-order valence-corrected chi connectivity index (χ0v) is 16.1. The summed E-state index contributed by atoms with van der Waals surface area (Å²) in [5, 5.41) is 4.14. The number of benzene rings is 2. The molecule has 27 heavy (non-hydrogen) atoms. The summed E-state index contributed by atoms with van der Waals surface area (Å²) in [6, 6.07) is 12.8. The second kappa shape index (κ2) is 6.68. The largest absolute Gasteiger partial charge is 0.328 e. The van der Waals surface area contributed by atoms with Crippen LogP contribution in [0.4, 0.5) is 5.69 Å². The first-order valence-corrected chi connectivity index (χ1v) is 9.32. The molecule has 0 fully saturated rings. The van der Waals surface area contributed by atoms with E-state index >= 15 is 0 Å². The molecular formula is C19H15ClN4O2S. The molecule has 0 saturated heterocycles. The molecule has 1 amide bonds. The molecule has 0 aliphatic heterocycles. The second-order valence-electron chi connectivity index (χ2n) is 6.07.